The van der Waals surface area contributed by atoms with Crippen molar-refractivity contribution >= 4 is 41.0 Å². The number of carbonyl (C=O) groups excluding carboxylic acids is 1. The van der Waals surface area contributed by atoms with Gasteiger partial charge in [0.25, 0.3) is 5.91 Å². The zero-order valence-corrected chi connectivity index (χ0v) is 25.4. The number of carbonyl (C=O) groups is 1. The summed E-state index contributed by atoms with van der Waals surface area (Å²) < 4.78 is 13.5. The van der Waals surface area contributed by atoms with E-state index in [0.717, 1.165) is 48.0 Å². The van der Waals surface area contributed by atoms with Gasteiger partial charge in [0, 0.05) is 45.7 Å². The van der Waals surface area contributed by atoms with Crippen LogP contribution in [-0.4, -0.2) is 42.0 Å². The fourth-order valence-electron chi connectivity index (χ4n) is 6.02. The molecule has 0 N–H and O–H groups in total. The minimum Gasteiger partial charge on any atom is -0.307 e. The number of pyridine rings is 1. The van der Waals surface area contributed by atoms with Crippen molar-refractivity contribution < 1.29 is 9.18 Å². The van der Waals surface area contributed by atoms with Gasteiger partial charge in [0.2, 0.25) is 0 Å². The molecule has 4 nitrogen and oxygen atoms in total. The van der Waals surface area contributed by atoms with Crippen LogP contribution in [0, 0.1) is 19.7 Å². The third kappa shape index (κ3) is 6.03. The molecule has 2 aliphatic heterocycles. The van der Waals surface area contributed by atoms with Crippen LogP contribution in [0.1, 0.15) is 45.5 Å². The number of nitrogens with zero attached hydrogens (tertiary/aromatic N) is 3. The summed E-state index contributed by atoms with van der Waals surface area (Å²) in [5.74, 6) is -0.302. The summed E-state index contributed by atoms with van der Waals surface area (Å²) >= 11 is 7.75. The summed E-state index contributed by atoms with van der Waals surface area (Å²) in [6.07, 6.45) is 7.97. The topological polar surface area (TPSA) is 36.4 Å². The van der Waals surface area contributed by atoms with Crippen molar-refractivity contribution in [2.24, 2.45) is 0 Å². The van der Waals surface area contributed by atoms with E-state index < -0.39 is 0 Å². The van der Waals surface area contributed by atoms with Crippen molar-refractivity contribution in [1.29, 1.82) is 0 Å². The maximum Gasteiger partial charge on any atom is 0.258 e. The molecule has 2 aliphatic rings. The molecule has 1 fully saturated rings. The van der Waals surface area contributed by atoms with Gasteiger partial charge in [-0.1, -0.05) is 53.7 Å². The number of likely N-dealkylation sites (tertiary alicyclic amines) is 1. The highest BCUT2D eigenvalue weighted by Gasteiger charge is 2.46. The molecule has 1 spiro atoms. The fourth-order valence-corrected chi connectivity index (χ4v) is 7.05. The molecule has 0 bridgehead atoms. The van der Waals surface area contributed by atoms with E-state index in [1.807, 2.05) is 4.90 Å². The summed E-state index contributed by atoms with van der Waals surface area (Å²) in [6, 6.07) is 22.9. The predicted octanol–water partition coefficient (Wildman–Crippen LogP) is 8.35. The number of aromatic nitrogens is 1. The van der Waals surface area contributed by atoms with Crippen LogP contribution >= 0.6 is 23.4 Å². The maximum absolute atomic E-state index is 13.8. The number of rotatable bonds is 6. The molecule has 214 valence electrons. The smallest absolute Gasteiger partial charge is 0.258 e. The van der Waals surface area contributed by atoms with Gasteiger partial charge in [-0.25, -0.2) is 9.37 Å². The van der Waals surface area contributed by atoms with Crippen LogP contribution in [0.3, 0.4) is 0 Å². The molecule has 3 heterocycles. The normalized spacial score (nSPS) is 16.3. The molecule has 7 heteroatoms. The van der Waals surface area contributed by atoms with Crippen molar-refractivity contribution in [2.45, 2.75) is 41.9 Å². The molecule has 4 aromatic rings. The molecule has 0 atom stereocenters. The van der Waals surface area contributed by atoms with Crippen molar-refractivity contribution in [1.82, 2.24) is 9.88 Å². The number of hydrogen-bond acceptors (Lipinski definition) is 4. The highest BCUT2D eigenvalue weighted by Crippen LogP contribution is 2.49. The van der Waals surface area contributed by atoms with Crippen LogP contribution in [0.15, 0.2) is 94.9 Å². The Morgan fingerprint density at radius 2 is 1.74 bits per heavy atom. The Kier molecular flexibility index (Phi) is 8.22. The van der Waals surface area contributed by atoms with Crippen LogP contribution in [0.25, 0.3) is 6.08 Å². The van der Waals surface area contributed by atoms with E-state index in [2.05, 4.69) is 72.3 Å². The second kappa shape index (κ2) is 12.0. The average Bonchev–Trinajstić information content (AvgIpc) is 3.30. The standard InChI is InChI=1S/C35H33ClFN3OS/c1-24-5-6-26(20-25(24)2)4-3-17-39-18-14-35(15-19-39)23-40(34(41)27-13-16-38-33(36)21-27)32-12-11-30(22-31(32)35)42-29-9-7-28(37)8-10-29/h3-13,16,20-22H,14-15,17-19,23H2,1-2H3/b4-3+. The molecule has 42 heavy (non-hydrogen) atoms. The van der Waals surface area contributed by atoms with Crippen LogP contribution in [0.2, 0.25) is 5.15 Å². The number of hydrogen-bond donors (Lipinski definition) is 0. The quantitative estimate of drug-likeness (QED) is 0.209. The summed E-state index contributed by atoms with van der Waals surface area (Å²) in [5, 5.41) is 0.309. The van der Waals surface area contributed by atoms with E-state index in [9.17, 15) is 9.18 Å². The number of amides is 1. The van der Waals surface area contributed by atoms with E-state index in [4.69, 9.17) is 11.6 Å². The fraction of sp³-hybridized carbons (Fsp3) is 0.257. The predicted molar refractivity (Wildman–Crippen MR) is 170 cm³/mol. The molecule has 0 unspecified atom stereocenters. The number of fused-ring (bicyclic) bond motifs is 2. The summed E-state index contributed by atoms with van der Waals surface area (Å²) in [5.41, 5.74) is 6.43. The molecule has 1 saturated heterocycles. The molecule has 0 saturated carbocycles. The molecular formula is C35H33ClFN3OS. The van der Waals surface area contributed by atoms with Gasteiger partial charge < -0.3 is 4.90 Å². The first kappa shape index (κ1) is 28.7. The third-order valence-electron chi connectivity index (χ3n) is 8.58. The van der Waals surface area contributed by atoms with E-state index in [1.54, 1.807) is 42.2 Å². The van der Waals surface area contributed by atoms with Gasteiger partial charge in [0.1, 0.15) is 11.0 Å². The Morgan fingerprint density at radius 1 is 0.976 bits per heavy atom. The van der Waals surface area contributed by atoms with Gasteiger partial charge in [0.05, 0.1) is 0 Å². The Balaban J connectivity index is 1.23. The van der Waals surface area contributed by atoms with E-state index in [1.165, 1.54) is 34.4 Å². The van der Waals surface area contributed by atoms with Crippen LogP contribution in [0.5, 0.6) is 0 Å². The molecule has 0 aliphatic carbocycles. The number of benzene rings is 3. The van der Waals surface area contributed by atoms with Gasteiger partial charge in [0.15, 0.2) is 0 Å². The third-order valence-corrected chi connectivity index (χ3v) is 9.78. The van der Waals surface area contributed by atoms with Crippen LogP contribution in [-0.2, 0) is 5.41 Å². The second-order valence-electron chi connectivity index (χ2n) is 11.3. The lowest BCUT2D eigenvalue weighted by atomic mass is 9.74. The van der Waals surface area contributed by atoms with Crippen LogP contribution in [0.4, 0.5) is 10.1 Å². The van der Waals surface area contributed by atoms with Gasteiger partial charge >= 0.3 is 0 Å². The zero-order valence-electron chi connectivity index (χ0n) is 23.8. The Hall–Kier alpha value is -3.45. The lowest BCUT2D eigenvalue weighted by Gasteiger charge is -2.39. The number of anilines is 1. The van der Waals surface area contributed by atoms with Gasteiger partial charge in [-0.3, -0.25) is 9.69 Å². The first-order valence-electron chi connectivity index (χ1n) is 14.3. The summed E-state index contributed by atoms with van der Waals surface area (Å²) in [6.45, 7) is 7.73. The van der Waals surface area contributed by atoms with Crippen LogP contribution < -0.4 is 4.90 Å². The van der Waals surface area contributed by atoms with Gasteiger partial charge in [-0.2, -0.15) is 0 Å². The molecule has 1 amide bonds. The highest BCUT2D eigenvalue weighted by molar-refractivity contribution is 7.99. The van der Waals surface area contributed by atoms with Crippen molar-refractivity contribution in [3.8, 4) is 0 Å². The molecular weight excluding hydrogens is 565 g/mol. The van der Waals surface area contributed by atoms with Crippen molar-refractivity contribution in [3.63, 3.8) is 0 Å². The van der Waals surface area contributed by atoms with Crippen molar-refractivity contribution in [2.75, 3.05) is 31.1 Å². The molecule has 3 aromatic carbocycles. The SMILES string of the molecule is Cc1ccc(/C=C/CN2CCC3(CC2)CN(C(=O)c2ccnc(Cl)c2)c2ccc(Sc4ccc(F)cc4)cc23)cc1C. The maximum atomic E-state index is 13.8. The second-order valence-corrected chi connectivity index (χ2v) is 12.9. The van der Waals surface area contributed by atoms with Gasteiger partial charge in [-0.05, 0) is 117 Å². The average molecular weight is 598 g/mol. The van der Waals surface area contributed by atoms with Gasteiger partial charge in [-0.15, -0.1) is 0 Å². The van der Waals surface area contributed by atoms with E-state index >= 15 is 0 Å². The molecule has 1 aromatic heterocycles. The Labute approximate surface area is 256 Å². The van der Waals surface area contributed by atoms with E-state index in [-0.39, 0.29) is 17.1 Å². The zero-order chi connectivity index (χ0) is 29.3. The van der Waals surface area contributed by atoms with E-state index in [0.29, 0.717) is 17.3 Å². The lowest BCUT2D eigenvalue weighted by molar-refractivity contribution is 0.0977. The monoisotopic (exact) mass is 597 g/mol. The summed E-state index contributed by atoms with van der Waals surface area (Å²) in [4.78, 5) is 24.3. The minimum absolute atomic E-state index is 0.0601. The Morgan fingerprint density at radius 3 is 2.48 bits per heavy atom. The number of aryl methyl sites for hydroxylation is 2. The summed E-state index contributed by atoms with van der Waals surface area (Å²) in [7, 11) is 0. The largest absolute Gasteiger partial charge is 0.307 e. The van der Waals surface area contributed by atoms with Crippen molar-refractivity contribution in [3.05, 3.63) is 124 Å². The molecule has 0 radical (unpaired) electrons. The first-order valence-corrected chi connectivity index (χ1v) is 15.5. The number of piperidine rings is 1. The highest BCUT2D eigenvalue weighted by atomic mass is 35.5. The minimum atomic E-state index is -0.242. The first-order chi connectivity index (χ1) is 20.3. The number of halogens is 2. The lowest BCUT2D eigenvalue weighted by Crippen LogP contribution is -2.46. The Bertz CT molecular complexity index is 1650. The molecule has 6 rings (SSSR count).